The average molecular weight is 346 g/mol. The molecule has 0 atom stereocenters. The maximum atomic E-state index is 13.0. The molecular formula is C19H30N4O2. The van der Waals surface area contributed by atoms with Gasteiger partial charge in [0.1, 0.15) is 5.82 Å². The number of aryl methyl sites for hydroxylation is 1. The minimum absolute atomic E-state index is 0.00548. The number of hydrogen-bond acceptors (Lipinski definition) is 3. The van der Waals surface area contributed by atoms with Crippen molar-refractivity contribution in [1.29, 1.82) is 0 Å². The largest absolute Gasteiger partial charge is 0.345 e. The Hall–Kier alpha value is -1.59. The molecule has 6 nitrogen and oxygen atoms in total. The van der Waals surface area contributed by atoms with Gasteiger partial charge in [-0.1, -0.05) is 26.2 Å². The Morgan fingerprint density at radius 2 is 1.72 bits per heavy atom. The number of nitrogens with zero attached hydrogens (tertiary/aromatic N) is 4. The van der Waals surface area contributed by atoms with Crippen molar-refractivity contribution in [2.45, 2.75) is 76.7 Å². The fourth-order valence-electron chi connectivity index (χ4n) is 4.72. The van der Waals surface area contributed by atoms with Crippen LogP contribution in [-0.2, 0) is 11.8 Å². The van der Waals surface area contributed by atoms with Crippen LogP contribution in [0.5, 0.6) is 0 Å². The Balaban J connectivity index is 1.45. The molecule has 0 bridgehead atoms. The number of amides is 1. The van der Waals surface area contributed by atoms with E-state index in [1.165, 1.54) is 23.9 Å². The molecule has 0 N–H and O–H groups in total. The Morgan fingerprint density at radius 1 is 1.08 bits per heavy atom. The molecule has 1 aromatic heterocycles. The molecule has 1 saturated heterocycles. The highest BCUT2D eigenvalue weighted by Gasteiger charge is 2.40. The highest BCUT2D eigenvalue weighted by atomic mass is 16.2. The maximum Gasteiger partial charge on any atom is 0.345 e. The third-order valence-electron chi connectivity index (χ3n) is 6.51. The van der Waals surface area contributed by atoms with Crippen molar-refractivity contribution in [2.75, 3.05) is 13.1 Å². The van der Waals surface area contributed by atoms with Gasteiger partial charge in [-0.3, -0.25) is 9.36 Å². The monoisotopic (exact) mass is 346 g/mol. The van der Waals surface area contributed by atoms with Gasteiger partial charge in [0.2, 0.25) is 5.91 Å². The predicted octanol–water partition coefficient (Wildman–Crippen LogP) is 2.59. The lowest BCUT2D eigenvalue weighted by Gasteiger charge is -2.40. The number of carbonyl (C=O) groups is 1. The van der Waals surface area contributed by atoms with Crippen LogP contribution in [0.2, 0.25) is 0 Å². The van der Waals surface area contributed by atoms with Crippen LogP contribution in [0.15, 0.2) is 4.79 Å². The van der Waals surface area contributed by atoms with Gasteiger partial charge in [0.05, 0.1) is 0 Å². The van der Waals surface area contributed by atoms with Gasteiger partial charge < -0.3 is 4.90 Å². The lowest BCUT2D eigenvalue weighted by atomic mass is 9.74. The third kappa shape index (κ3) is 3.04. The zero-order valence-corrected chi connectivity index (χ0v) is 15.5. The number of piperidine rings is 1. The van der Waals surface area contributed by atoms with Gasteiger partial charge >= 0.3 is 5.69 Å². The zero-order chi connectivity index (χ0) is 17.6. The van der Waals surface area contributed by atoms with Gasteiger partial charge in [-0.15, -0.1) is 0 Å². The van der Waals surface area contributed by atoms with Crippen LogP contribution in [0.1, 0.15) is 82.5 Å². The summed E-state index contributed by atoms with van der Waals surface area (Å²) in [7, 11) is 1.74. The summed E-state index contributed by atoms with van der Waals surface area (Å²) in [6, 6.07) is 0.194. The van der Waals surface area contributed by atoms with E-state index >= 15 is 0 Å². The fraction of sp³-hybridized carbons (Fsp3) is 0.842. The van der Waals surface area contributed by atoms with Gasteiger partial charge in [-0.05, 0) is 38.5 Å². The van der Waals surface area contributed by atoms with Crippen molar-refractivity contribution < 1.29 is 4.79 Å². The highest BCUT2D eigenvalue weighted by molar-refractivity contribution is 5.82. The molecule has 3 aliphatic rings. The van der Waals surface area contributed by atoms with Gasteiger partial charge in [-0.2, -0.15) is 5.10 Å². The molecule has 1 aromatic rings. The molecule has 1 aliphatic heterocycles. The molecule has 25 heavy (non-hydrogen) atoms. The maximum absolute atomic E-state index is 13.0. The number of rotatable bonds is 3. The Kier molecular flexibility index (Phi) is 4.24. The second-order valence-electron chi connectivity index (χ2n) is 8.55. The minimum Gasteiger partial charge on any atom is -0.342 e. The van der Waals surface area contributed by atoms with Crippen LogP contribution < -0.4 is 5.69 Å². The normalized spacial score (nSPS) is 24.5. The van der Waals surface area contributed by atoms with Crippen molar-refractivity contribution in [3.8, 4) is 0 Å². The molecule has 4 rings (SSSR count). The van der Waals surface area contributed by atoms with E-state index < -0.39 is 0 Å². The van der Waals surface area contributed by atoms with Crippen LogP contribution in [0.3, 0.4) is 0 Å². The van der Waals surface area contributed by atoms with Crippen molar-refractivity contribution in [2.24, 2.45) is 12.5 Å². The standard InChI is InChI=1S/C19H30N4O2/c1-19(10-4-3-5-11-19)17(24)22-12-8-15(9-13-22)23-16(14-6-7-14)20-21(2)18(23)25/h14-15H,3-13H2,1-2H3. The SMILES string of the molecule is Cn1nc(C2CC2)n(C2CCN(C(=O)C3(C)CCCCC3)CC2)c1=O. The number of aromatic nitrogens is 3. The number of carbonyl (C=O) groups excluding carboxylic acids is 1. The zero-order valence-electron chi connectivity index (χ0n) is 15.5. The molecular weight excluding hydrogens is 316 g/mol. The molecule has 2 heterocycles. The van der Waals surface area contributed by atoms with Crippen molar-refractivity contribution in [3.05, 3.63) is 16.3 Å². The first-order valence-electron chi connectivity index (χ1n) is 9.94. The average Bonchev–Trinajstić information content (AvgIpc) is 3.42. The Bertz CT molecular complexity index is 701. The van der Waals surface area contributed by atoms with E-state index in [4.69, 9.17) is 0 Å². The first kappa shape index (κ1) is 16.9. The smallest absolute Gasteiger partial charge is 0.342 e. The van der Waals surface area contributed by atoms with E-state index in [-0.39, 0.29) is 17.1 Å². The molecule has 0 aromatic carbocycles. The van der Waals surface area contributed by atoms with Crippen LogP contribution in [0.4, 0.5) is 0 Å². The molecule has 0 unspecified atom stereocenters. The van der Waals surface area contributed by atoms with E-state index in [1.54, 1.807) is 7.05 Å². The van der Waals surface area contributed by atoms with Crippen molar-refractivity contribution in [1.82, 2.24) is 19.2 Å². The molecule has 0 spiro atoms. The summed E-state index contributed by atoms with van der Waals surface area (Å²) in [5.41, 5.74) is -0.152. The molecule has 138 valence electrons. The van der Waals surface area contributed by atoms with Crippen LogP contribution in [0.25, 0.3) is 0 Å². The second-order valence-corrected chi connectivity index (χ2v) is 8.55. The summed E-state index contributed by atoms with van der Waals surface area (Å²) in [4.78, 5) is 27.6. The van der Waals surface area contributed by atoms with Crippen LogP contribution in [-0.4, -0.2) is 38.2 Å². The first-order valence-corrected chi connectivity index (χ1v) is 9.94. The Labute approximate surface area is 149 Å². The topological polar surface area (TPSA) is 60.1 Å². The summed E-state index contributed by atoms with van der Waals surface area (Å²) in [5, 5.41) is 4.47. The molecule has 2 saturated carbocycles. The van der Waals surface area contributed by atoms with E-state index in [0.717, 1.165) is 57.4 Å². The molecule has 0 radical (unpaired) electrons. The van der Waals surface area contributed by atoms with Gasteiger partial charge in [0.25, 0.3) is 0 Å². The Morgan fingerprint density at radius 3 is 2.32 bits per heavy atom. The molecule has 1 amide bonds. The summed E-state index contributed by atoms with van der Waals surface area (Å²) >= 11 is 0. The van der Waals surface area contributed by atoms with Crippen molar-refractivity contribution >= 4 is 5.91 Å². The molecule has 2 aliphatic carbocycles. The van der Waals surface area contributed by atoms with E-state index in [2.05, 4.69) is 16.9 Å². The van der Waals surface area contributed by atoms with Crippen LogP contribution >= 0.6 is 0 Å². The lowest BCUT2D eigenvalue weighted by molar-refractivity contribution is -0.144. The van der Waals surface area contributed by atoms with E-state index in [1.807, 2.05) is 4.57 Å². The summed E-state index contributed by atoms with van der Waals surface area (Å²) < 4.78 is 3.41. The van der Waals surface area contributed by atoms with Crippen LogP contribution in [0, 0.1) is 5.41 Å². The summed E-state index contributed by atoms with van der Waals surface area (Å²) in [6.45, 7) is 3.69. The summed E-state index contributed by atoms with van der Waals surface area (Å²) in [6.07, 6.45) is 9.69. The first-order chi connectivity index (χ1) is 12.0. The van der Waals surface area contributed by atoms with Gasteiger partial charge in [-0.25, -0.2) is 9.48 Å². The fourth-order valence-corrected chi connectivity index (χ4v) is 4.72. The quantitative estimate of drug-likeness (QED) is 0.845. The highest BCUT2D eigenvalue weighted by Crippen LogP contribution is 2.41. The van der Waals surface area contributed by atoms with Gasteiger partial charge in [0.15, 0.2) is 0 Å². The minimum atomic E-state index is -0.157. The molecule has 3 fully saturated rings. The second kappa shape index (κ2) is 6.29. The summed E-state index contributed by atoms with van der Waals surface area (Å²) in [5.74, 6) is 1.78. The van der Waals surface area contributed by atoms with Crippen molar-refractivity contribution in [3.63, 3.8) is 0 Å². The van der Waals surface area contributed by atoms with E-state index in [0.29, 0.717) is 11.8 Å². The number of likely N-dealkylation sites (tertiary alicyclic amines) is 1. The number of hydrogen-bond donors (Lipinski definition) is 0. The lowest BCUT2D eigenvalue weighted by Crippen LogP contribution is -2.47. The van der Waals surface area contributed by atoms with Gasteiger partial charge in [0, 0.05) is 37.5 Å². The van der Waals surface area contributed by atoms with E-state index in [9.17, 15) is 9.59 Å². The molecule has 6 heteroatoms. The predicted molar refractivity (Wildman–Crippen MR) is 95.5 cm³/mol. The third-order valence-corrected chi connectivity index (χ3v) is 6.51.